The quantitative estimate of drug-likeness (QED) is 0.900. The molecule has 1 aromatic carbocycles. The maximum Gasteiger partial charge on any atom is 0.310 e. The van der Waals surface area contributed by atoms with Crippen LogP contribution in [0.5, 0.6) is 0 Å². The van der Waals surface area contributed by atoms with E-state index in [1.807, 2.05) is 0 Å². The van der Waals surface area contributed by atoms with Gasteiger partial charge in [-0.05, 0) is 31.0 Å². The Morgan fingerprint density at radius 2 is 2.23 bits per heavy atom. The van der Waals surface area contributed by atoms with E-state index in [2.05, 4.69) is 0 Å². The highest BCUT2D eigenvalue weighted by atomic mass is 32.2. The Kier molecular flexibility index (Phi) is 4.22. The first-order valence-corrected chi connectivity index (χ1v) is 8.19. The molecule has 1 aromatic rings. The molecule has 1 fully saturated rings. The Hall–Kier alpha value is -1.98. The van der Waals surface area contributed by atoms with Crippen molar-refractivity contribution in [3.8, 4) is 6.07 Å². The lowest BCUT2D eigenvalue weighted by Crippen LogP contribution is -2.35. The predicted molar refractivity (Wildman–Crippen MR) is 75.7 cm³/mol. The standard InChI is InChI=1S/C14H15FN2O4S/c1-14(13(18)19)4-5-17(9-14)22(20,21)8-10-2-3-12(15)6-11(10)7-16/h2-3,6H,4-5,8-9H2,1H3,(H,18,19). The van der Waals surface area contributed by atoms with Gasteiger partial charge in [-0.2, -0.15) is 5.26 Å². The summed E-state index contributed by atoms with van der Waals surface area (Å²) in [7, 11) is -3.77. The molecule has 0 radical (unpaired) electrons. The molecule has 0 bridgehead atoms. The van der Waals surface area contributed by atoms with Crippen molar-refractivity contribution >= 4 is 16.0 Å². The molecule has 0 aliphatic carbocycles. The number of aliphatic carboxylic acids is 1. The van der Waals surface area contributed by atoms with Gasteiger partial charge in [0.1, 0.15) is 5.82 Å². The molecular formula is C14H15FN2O4S. The Morgan fingerprint density at radius 3 is 2.77 bits per heavy atom. The summed E-state index contributed by atoms with van der Waals surface area (Å²) < 4.78 is 39.0. The van der Waals surface area contributed by atoms with Crippen molar-refractivity contribution in [3.63, 3.8) is 0 Å². The zero-order chi connectivity index (χ0) is 16.5. The molecule has 2 rings (SSSR count). The van der Waals surface area contributed by atoms with Gasteiger partial charge in [0.15, 0.2) is 0 Å². The number of nitriles is 1. The smallest absolute Gasteiger partial charge is 0.310 e. The molecule has 1 atom stereocenters. The lowest BCUT2D eigenvalue weighted by molar-refractivity contribution is -0.146. The Bertz CT molecular complexity index is 757. The third kappa shape index (κ3) is 3.10. The Labute approximate surface area is 127 Å². The minimum atomic E-state index is -3.77. The third-order valence-electron chi connectivity index (χ3n) is 3.88. The van der Waals surface area contributed by atoms with Gasteiger partial charge in [0.25, 0.3) is 0 Å². The number of benzene rings is 1. The molecule has 1 heterocycles. The van der Waals surface area contributed by atoms with E-state index in [1.165, 1.54) is 13.0 Å². The highest BCUT2D eigenvalue weighted by Crippen LogP contribution is 2.32. The van der Waals surface area contributed by atoms with Crippen molar-refractivity contribution in [2.75, 3.05) is 13.1 Å². The molecule has 0 saturated carbocycles. The molecule has 22 heavy (non-hydrogen) atoms. The molecule has 8 heteroatoms. The molecule has 118 valence electrons. The highest BCUT2D eigenvalue weighted by Gasteiger charge is 2.44. The third-order valence-corrected chi connectivity index (χ3v) is 5.65. The number of sulfonamides is 1. The second-order valence-electron chi connectivity index (χ2n) is 5.62. The van der Waals surface area contributed by atoms with Crippen LogP contribution in [-0.4, -0.2) is 36.9 Å². The SMILES string of the molecule is CC1(C(=O)O)CCN(S(=O)(=O)Cc2ccc(F)cc2C#N)C1. The average Bonchev–Trinajstić information content (AvgIpc) is 2.85. The van der Waals surface area contributed by atoms with Crippen LogP contribution < -0.4 is 0 Å². The fraction of sp³-hybridized carbons (Fsp3) is 0.429. The first-order valence-electron chi connectivity index (χ1n) is 6.58. The van der Waals surface area contributed by atoms with Crippen molar-refractivity contribution in [2.24, 2.45) is 5.41 Å². The number of carbonyl (C=O) groups is 1. The van der Waals surface area contributed by atoms with Gasteiger partial charge in [0, 0.05) is 13.1 Å². The number of nitrogens with zero attached hydrogens (tertiary/aromatic N) is 2. The van der Waals surface area contributed by atoms with Crippen LogP contribution in [0.15, 0.2) is 18.2 Å². The number of hydrogen-bond donors (Lipinski definition) is 1. The summed E-state index contributed by atoms with van der Waals surface area (Å²) in [5, 5.41) is 18.1. The summed E-state index contributed by atoms with van der Waals surface area (Å²) >= 11 is 0. The normalized spacial score (nSPS) is 22.4. The predicted octanol–water partition coefficient (Wildman–Crippen LogP) is 1.32. The van der Waals surface area contributed by atoms with E-state index in [1.54, 1.807) is 6.07 Å². The van der Waals surface area contributed by atoms with E-state index in [9.17, 15) is 17.6 Å². The number of hydrogen-bond acceptors (Lipinski definition) is 4. The maximum absolute atomic E-state index is 13.1. The topological polar surface area (TPSA) is 98.5 Å². The minimum Gasteiger partial charge on any atom is -0.481 e. The van der Waals surface area contributed by atoms with Crippen molar-refractivity contribution < 1.29 is 22.7 Å². The van der Waals surface area contributed by atoms with Gasteiger partial charge in [0.05, 0.1) is 22.8 Å². The van der Waals surface area contributed by atoms with Crippen molar-refractivity contribution in [2.45, 2.75) is 19.1 Å². The summed E-state index contributed by atoms with van der Waals surface area (Å²) in [6.07, 6.45) is 0.232. The fourth-order valence-corrected chi connectivity index (χ4v) is 4.08. The summed E-state index contributed by atoms with van der Waals surface area (Å²) in [6.45, 7) is 1.52. The van der Waals surface area contributed by atoms with Crippen LogP contribution in [0.25, 0.3) is 0 Å². The van der Waals surface area contributed by atoms with Gasteiger partial charge in [-0.15, -0.1) is 0 Å². The lowest BCUT2D eigenvalue weighted by Gasteiger charge is -2.20. The molecule has 0 amide bonds. The summed E-state index contributed by atoms with van der Waals surface area (Å²) in [6, 6.07) is 5.11. The van der Waals surface area contributed by atoms with Crippen LogP contribution in [0.3, 0.4) is 0 Å². The van der Waals surface area contributed by atoms with Crippen LogP contribution in [0.2, 0.25) is 0 Å². The molecule has 1 aliphatic heterocycles. The highest BCUT2D eigenvalue weighted by molar-refractivity contribution is 7.88. The first-order chi connectivity index (χ1) is 10.2. The van der Waals surface area contributed by atoms with Crippen LogP contribution in [-0.2, 0) is 20.6 Å². The van der Waals surface area contributed by atoms with Crippen molar-refractivity contribution in [1.82, 2.24) is 4.31 Å². The fourth-order valence-electron chi connectivity index (χ4n) is 2.40. The zero-order valence-electron chi connectivity index (χ0n) is 11.9. The van der Waals surface area contributed by atoms with E-state index in [0.717, 1.165) is 16.4 Å². The molecule has 6 nitrogen and oxygen atoms in total. The van der Waals surface area contributed by atoms with Crippen LogP contribution in [0.1, 0.15) is 24.5 Å². The molecule has 1 N–H and O–H groups in total. The van der Waals surface area contributed by atoms with Gasteiger partial charge in [-0.1, -0.05) is 6.07 Å². The van der Waals surface area contributed by atoms with E-state index in [-0.39, 0.29) is 30.6 Å². The van der Waals surface area contributed by atoms with E-state index < -0.39 is 33.0 Å². The van der Waals surface area contributed by atoms with Crippen LogP contribution in [0, 0.1) is 22.6 Å². The van der Waals surface area contributed by atoms with Gasteiger partial charge >= 0.3 is 5.97 Å². The maximum atomic E-state index is 13.1. The van der Waals surface area contributed by atoms with Gasteiger partial charge in [-0.3, -0.25) is 4.79 Å². The largest absolute Gasteiger partial charge is 0.481 e. The summed E-state index contributed by atoms with van der Waals surface area (Å²) in [4.78, 5) is 11.2. The van der Waals surface area contributed by atoms with Crippen molar-refractivity contribution in [3.05, 3.63) is 35.1 Å². The number of rotatable bonds is 4. The number of carboxylic acids is 1. The molecule has 0 aromatic heterocycles. The second kappa shape index (κ2) is 5.66. The monoisotopic (exact) mass is 326 g/mol. The molecule has 0 spiro atoms. The van der Waals surface area contributed by atoms with Gasteiger partial charge < -0.3 is 5.11 Å². The summed E-state index contributed by atoms with van der Waals surface area (Å²) in [5.74, 6) is -2.10. The van der Waals surface area contributed by atoms with Crippen LogP contribution >= 0.6 is 0 Å². The molecule has 1 aliphatic rings. The second-order valence-corrected chi connectivity index (χ2v) is 7.59. The Balaban J connectivity index is 2.24. The van der Waals surface area contributed by atoms with Gasteiger partial charge in [-0.25, -0.2) is 17.1 Å². The average molecular weight is 326 g/mol. The molecule has 1 saturated heterocycles. The summed E-state index contributed by atoms with van der Waals surface area (Å²) in [5.41, 5.74) is -0.940. The van der Waals surface area contributed by atoms with Crippen molar-refractivity contribution in [1.29, 1.82) is 5.26 Å². The minimum absolute atomic E-state index is 0.0382. The lowest BCUT2D eigenvalue weighted by atomic mass is 9.90. The molecule has 1 unspecified atom stereocenters. The first kappa shape index (κ1) is 16.4. The number of carboxylic acid groups (broad SMARTS) is 1. The zero-order valence-corrected chi connectivity index (χ0v) is 12.7. The Morgan fingerprint density at radius 1 is 1.55 bits per heavy atom. The van der Waals surface area contributed by atoms with Crippen LogP contribution in [0.4, 0.5) is 4.39 Å². The van der Waals surface area contributed by atoms with E-state index in [4.69, 9.17) is 10.4 Å². The van der Waals surface area contributed by atoms with E-state index >= 15 is 0 Å². The number of halogens is 1. The molecular weight excluding hydrogens is 311 g/mol. The van der Waals surface area contributed by atoms with Gasteiger partial charge in [0.2, 0.25) is 10.0 Å². The van der Waals surface area contributed by atoms with E-state index in [0.29, 0.717) is 0 Å².